The number of hydrogen-bond donors (Lipinski definition) is 2. The van der Waals surface area contributed by atoms with Crippen molar-refractivity contribution in [3.05, 3.63) is 46.0 Å². The summed E-state index contributed by atoms with van der Waals surface area (Å²) in [5.74, 6) is -3.19. The van der Waals surface area contributed by atoms with Crippen molar-refractivity contribution in [2.75, 3.05) is 35.0 Å². The van der Waals surface area contributed by atoms with Gasteiger partial charge in [0.2, 0.25) is 5.78 Å². The number of methoxy groups -OCH3 is 4. The van der Waals surface area contributed by atoms with E-state index in [1.54, 1.807) is 0 Å². The molecule has 1 aliphatic rings. The van der Waals surface area contributed by atoms with Crippen LogP contribution in [-0.4, -0.2) is 62.8 Å². The molecule has 1 atom stereocenters. The Balaban J connectivity index is 2.33. The van der Waals surface area contributed by atoms with Crippen LogP contribution in [0.2, 0.25) is 0 Å². The molecule has 9 nitrogen and oxygen atoms in total. The SMILES string of the molecule is COC(=O)C(CCO)c1c(OC)cc2c(c1O)C(=O)c1c(OC)cc(OC)cc1C2=O. The second-order valence-corrected chi connectivity index (χ2v) is 6.76. The predicted molar refractivity (Wildman–Crippen MR) is 108 cm³/mol. The first-order chi connectivity index (χ1) is 14.8. The van der Waals surface area contributed by atoms with Crippen LogP contribution in [0.5, 0.6) is 23.0 Å². The Kier molecular flexibility index (Phi) is 6.16. The molecule has 0 saturated heterocycles. The van der Waals surface area contributed by atoms with E-state index in [9.17, 15) is 24.6 Å². The molecule has 0 spiro atoms. The van der Waals surface area contributed by atoms with Crippen LogP contribution < -0.4 is 14.2 Å². The maximum absolute atomic E-state index is 13.4. The van der Waals surface area contributed by atoms with Gasteiger partial charge in [-0.15, -0.1) is 0 Å². The number of carbonyl (C=O) groups is 3. The second kappa shape index (κ2) is 8.65. The van der Waals surface area contributed by atoms with Gasteiger partial charge in [-0.25, -0.2) is 0 Å². The third-order valence-electron chi connectivity index (χ3n) is 5.25. The molecule has 2 aromatic carbocycles. The van der Waals surface area contributed by atoms with Gasteiger partial charge in [0.15, 0.2) is 5.78 Å². The minimum Gasteiger partial charge on any atom is -0.507 e. The molecular formula is C22H22O9. The van der Waals surface area contributed by atoms with Gasteiger partial charge in [0.05, 0.1) is 51.0 Å². The zero-order valence-corrected chi connectivity index (χ0v) is 17.5. The molecule has 31 heavy (non-hydrogen) atoms. The molecule has 164 valence electrons. The van der Waals surface area contributed by atoms with Gasteiger partial charge in [-0.1, -0.05) is 0 Å². The highest BCUT2D eigenvalue weighted by Crippen LogP contribution is 2.46. The summed E-state index contributed by atoms with van der Waals surface area (Å²) in [6, 6.07) is 4.17. The molecule has 1 unspecified atom stereocenters. The first kappa shape index (κ1) is 22.1. The van der Waals surface area contributed by atoms with Crippen LogP contribution in [0.3, 0.4) is 0 Å². The smallest absolute Gasteiger partial charge is 0.313 e. The molecule has 0 fully saturated rings. The molecule has 9 heteroatoms. The number of phenolic OH excluding ortho intramolecular Hbond substituents is 1. The Hall–Kier alpha value is -3.59. The number of carbonyl (C=O) groups excluding carboxylic acids is 3. The molecule has 0 radical (unpaired) electrons. The average molecular weight is 430 g/mol. The summed E-state index contributed by atoms with van der Waals surface area (Å²) in [4.78, 5) is 39.0. The lowest BCUT2D eigenvalue weighted by atomic mass is 9.80. The number of fused-ring (bicyclic) bond motifs is 2. The van der Waals surface area contributed by atoms with E-state index in [2.05, 4.69) is 0 Å². The van der Waals surface area contributed by atoms with Gasteiger partial charge in [-0.3, -0.25) is 14.4 Å². The summed E-state index contributed by atoms with van der Waals surface area (Å²) in [5, 5.41) is 20.5. The van der Waals surface area contributed by atoms with E-state index < -0.39 is 29.2 Å². The lowest BCUT2D eigenvalue weighted by Crippen LogP contribution is -2.24. The highest BCUT2D eigenvalue weighted by molar-refractivity contribution is 6.30. The molecule has 0 heterocycles. The van der Waals surface area contributed by atoms with Gasteiger partial charge < -0.3 is 29.2 Å². The molecule has 0 aromatic heterocycles. The summed E-state index contributed by atoms with van der Waals surface area (Å²) in [6.45, 7) is -0.386. The average Bonchev–Trinajstić information content (AvgIpc) is 2.79. The molecular weight excluding hydrogens is 408 g/mol. The zero-order valence-electron chi connectivity index (χ0n) is 17.5. The number of aromatic hydroxyl groups is 1. The van der Waals surface area contributed by atoms with Crippen molar-refractivity contribution in [2.45, 2.75) is 12.3 Å². The number of hydrogen-bond acceptors (Lipinski definition) is 9. The van der Waals surface area contributed by atoms with Crippen LogP contribution in [0.1, 0.15) is 49.7 Å². The monoisotopic (exact) mass is 430 g/mol. The topological polar surface area (TPSA) is 129 Å². The van der Waals surface area contributed by atoms with E-state index in [0.29, 0.717) is 5.75 Å². The number of ether oxygens (including phenoxy) is 4. The van der Waals surface area contributed by atoms with E-state index in [1.165, 1.54) is 39.5 Å². The summed E-state index contributed by atoms with van der Waals surface area (Å²) < 4.78 is 20.6. The molecule has 0 aliphatic heterocycles. The number of aliphatic hydroxyl groups is 1. The van der Waals surface area contributed by atoms with Crippen molar-refractivity contribution in [2.24, 2.45) is 0 Å². The Labute approximate surface area is 178 Å². The van der Waals surface area contributed by atoms with Crippen molar-refractivity contribution in [3.63, 3.8) is 0 Å². The molecule has 0 amide bonds. The van der Waals surface area contributed by atoms with Gasteiger partial charge in [-0.05, 0) is 18.6 Å². The number of esters is 1. The normalized spacial score (nSPS) is 13.2. The summed E-state index contributed by atoms with van der Waals surface area (Å²) in [7, 11) is 5.22. The number of rotatable bonds is 7. The van der Waals surface area contributed by atoms with Crippen LogP contribution in [0, 0.1) is 0 Å². The van der Waals surface area contributed by atoms with Crippen LogP contribution in [-0.2, 0) is 9.53 Å². The fraction of sp³-hybridized carbons (Fsp3) is 0.318. The van der Waals surface area contributed by atoms with Crippen molar-refractivity contribution in [3.8, 4) is 23.0 Å². The van der Waals surface area contributed by atoms with E-state index >= 15 is 0 Å². The second-order valence-electron chi connectivity index (χ2n) is 6.76. The van der Waals surface area contributed by atoms with Gasteiger partial charge in [-0.2, -0.15) is 0 Å². The standard InChI is InChI=1S/C22H22O9/c1-28-10-7-12-17(14(8-10)29-2)21(26)18-13(19(12)24)9-15(30-3)16(20(18)25)11(5-6-23)22(27)31-4/h7-9,11,23,25H,5-6H2,1-4H3. The molecule has 3 rings (SSSR count). The number of benzene rings is 2. The van der Waals surface area contributed by atoms with E-state index in [4.69, 9.17) is 18.9 Å². The minimum absolute atomic E-state index is 0.0135. The number of phenols is 1. The molecule has 0 saturated carbocycles. The zero-order chi connectivity index (χ0) is 22.9. The van der Waals surface area contributed by atoms with E-state index in [0.717, 1.165) is 7.11 Å². The highest BCUT2D eigenvalue weighted by atomic mass is 16.5. The summed E-state index contributed by atoms with van der Waals surface area (Å²) >= 11 is 0. The third kappa shape index (κ3) is 3.46. The quantitative estimate of drug-likeness (QED) is 0.539. The lowest BCUT2D eigenvalue weighted by molar-refractivity contribution is -0.142. The maximum Gasteiger partial charge on any atom is 0.313 e. The summed E-state index contributed by atoms with van der Waals surface area (Å²) in [5.41, 5.74) is -0.367. The first-order valence-electron chi connectivity index (χ1n) is 9.32. The Morgan fingerprint density at radius 3 is 2.10 bits per heavy atom. The van der Waals surface area contributed by atoms with E-state index in [-0.39, 0.29) is 52.3 Å². The first-order valence-corrected chi connectivity index (χ1v) is 9.32. The Morgan fingerprint density at radius 1 is 0.903 bits per heavy atom. The highest BCUT2D eigenvalue weighted by Gasteiger charge is 2.39. The van der Waals surface area contributed by atoms with Crippen LogP contribution in [0.4, 0.5) is 0 Å². The fourth-order valence-corrected chi connectivity index (χ4v) is 3.78. The van der Waals surface area contributed by atoms with Crippen LogP contribution >= 0.6 is 0 Å². The number of ketones is 2. The van der Waals surface area contributed by atoms with Gasteiger partial charge in [0, 0.05) is 23.8 Å². The van der Waals surface area contributed by atoms with E-state index in [1.807, 2.05) is 0 Å². The Bertz CT molecular complexity index is 1070. The van der Waals surface area contributed by atoms with Crippen molar-refractivity contribution in [1.82, 2.24) is 0 Å². The van der Waals surface area contributed by atoms with Crippen molar-refractivity contribution < 1.29 is 43.5 Å². The third-order valence-corrected chi connectivity index (χ3v) is 5.25. The number of aliphatic hydroxyl groups excluding tert-OH is 1. The predicted octanol–water partition coefficient (Wildman–Crippen LogP) is 1.83. The lowest BCUT2D eigenvalue weighted by Gasteiger charge is -2.25. The minimum atomic E-state index is -1.11. The summed E-state index contributed by atoms with van der Waals surface area (Å²) in [6.07, 6.45) is -0.0887. The molecule has 1 aliphatic carbocycles. The maximum atomic E-state index is 13.4. The fourth-order valence-electron chi connectivity index (χ4n) is 3.78. The van der Waals surface area contributed by atoms with Gasteiger partial charge in [0.1, 0.15) is 23.0 Å². The molecule has 2 N–H and O–H groups in total. The Morgan fingerprint density at radius 2 is 1.55 bits per heavy atom. The van der Waals surface area contributed by atoms with Crippen LogP contribution in [0.15, 0.2) is 18.2 Å². The molecule has 0 bridgehead atoms. The van der Waals surface area contributed by atoms with Crippen molar-refractivity contribution in [1.29, 1.82) is 0 Å². The molecule has 2 aromatic rings. The van der Waals surface area contributed by atoms with Crippen molar-refractivity contribution >= 4 is 17.5 Å². The van der Waals surface area contributed by atoms with Gasteiger partial charge in [0.25, 0.3) is 0 Å². The van der Waals surface area contributed by atoms with Gasteiger partial charge >= 0.3 is 5.97 Å². The van der Waals surface area contributed by atoms with Crippen LogP contribution in [0.25, 0.3) is 0 Å². The largest absolute Gasteiger partial charge is 0.507 e.